The third-order valence-corrected chi connectivity index (χ3v) is 3.33. The fourth-order valence-electron chi connectivity index (χ4n) is 2.03. The van der Waals surface area contributed by atoms with Crippen LogP contribution in [0.1, 0.15) is 56.7 Å². The Morgan fingerprint density at radius 1 is 1.11 bits per heavy atom. The Morgan fingerprint density at radius 3 is 2.44 bits per heavy atom. The lowest BCUT2D eigenvalue weighted by Crippen LogP contribution is -2.20. The van der Waals surface area contributed by atoms with Crippen molar-refractivity contribution < 1.29 is 5.11 Å². The molecule has 1 unspecified atom stereocenters. The van der Waals surface area contributed by atoms with Crippen LogP contribution in [-0.4, -0.2) is 18.3 Å². The number of benzene rings is 1. The third kappa shape index (κ3) is 5.65. The quantitative estimate of drug-likeness (QED) is 0.657. The van der Waals surface area contributed by atoms with Gasteiger partial charge in [-0.05, 0) is 50.3 Å². The Balaban J connectivity index is 2.36. The van der Waals surface area contributed by atoms with Crippen molar-refractivity contribution in [3.8, 4) is 0 Å². The minimum absolute atomic E-state index is 0.294. The molecule has 0 aromatic heterocycles. The van der Waals surface area contributed by atoms with Crippen LogP contribution in [0.4, 0.5) is 0 Å². The second-order valence-corrected chi connectivity index (χ2v) is 4.95. The van der Waals surface area contributed by atoms with Gasteiger partial charge in [0.15, 0.2) is 0 Å². The molecule has 0 aliphatic carbocycles. The summed E-state index contributed by atoms with van der Waals surface area (Å²) < 4.78 is 0. The first-order chi connectivity index (χ1) is 8.77. The Hall–Kier alpha value is -0.860. The fourth-order valence-corrected chi connectivity index (χ4v) is 2.03. The van der Waals surface area contributed by atoms with Crippen LogP contribution in [0.2, 0.25) is 0 Å². The monoisotopic (exact) mass is 249 g/mol. The molecule has 0 aliphatic rings. The van der Waals surface area contributed by atoms with E-state index in [1.54, 1.807) is 0 Å². The van der Waals surface area contributed by atoms with Gasteiger partial charge in [-0.15, -0.1) is 0 Å². The second kappa shape index (κ2) is 9.12. The predicted molar refractivity (Wildman–Crippen MR) is 77.8 cm³/mol. The molecule has 1 rings (SSSR count). The van der Waals surface area contributed by atoms with Crippen molar-refractivity contribution in [3.63, 3.8) is 0 Å². The number of nitrogens with one attached hydrogen (secondary N) is 1. The molecule has 0 fully saturated rings. The number of aliphatic hydroxyl groups is 1. The van der Waals surface area contributed by atoms with Gasteiger partial charge in [0.25, 0.3) is 0 Å². The summed E-state index contributed by atoms with van der Waals surface area (Å²) in [5, 5.41) is 12.2. The molecule has 0 bridgehead atoms. The average Bonchev–Trinajstić information content (AvgIpc) is 2.41. The van der Waals surface area contributed by atoms with Gasteiger partial charge in [-0.1, -0.05) is 37.6 Å². The molecular weight excluding hydrogens is 222 g/mol. The summed E-state index contributed by atoms with van der Waals surface area (Å²) in [7, 11) is 0. The van der Waals surface area contributed by atoms with E-state index in [-0.39, 0.29) is 0 Å². The maximum absolute atomic E-state index is 8.72. The van der Waals surface area contributed by atoms with Gasteiger partial charge >= 0.3 is 0 Å². The molecule has 0 aliphatic heterocycles. The van der Waals surface area contributed by atoms with Crippen LogP contribution in [0.15, 0.2) is 24.3 Å². The zero-order valence-corrected chi connectivity index (χ0v) is 11.8. The maximum Gasteiger partial charge on any atom is 0.0431 e. The number of rotatable bonds is 9. The first-order valence-electron chi connectivity index (χ1n) is 7.21. The summed E-state index contributed by atoms with van der Waals surface area (Å²) in [6.07, 6.45) is 5.64. The van der Waals surface area contributed by atoms with E-state index >= 15 is 0 Å². The van der Waals surface area contributed by atoms with Gasteiger partial charge in [0, 0.05) is 12.6 Å². The van der Waals surface area contributed by atoms with Crippen molar-refractivity contribution in [3.05, 3.63) is 35.4 Å². The number of hydrogen-bond donors (Lipinski definition) is 2. The largest absolute Gasteiger partial charge is 0.396 e. The number of aryl methyl sites for hydroxylation is 1. The van der Waals surface area contributed by atoms with E-state index in [0.717, 1.165) is 19.4 Å². The van der Waals surface area contributed by atoms with Gasteiger partial charge in [0.05, 0.1) is 0 Å². The molecule has 1 atom stereocenters. The zero-order valence-electron chi connectivity index (χ0n) is 11.8. The van der Waals surface area contributed by atoms with Crippen LogP contribution >= 0.6 is 0 Å². The Bertz CT molecular complexity index is 307. The van der Waals surface area contributed by atoms with Gasteiger partial charge in [-0.3, -0.25) is 0 Å². The van der Waals surface area contributed by atoms with E-state index in [1.165, 1.54) is 30.4 Å². The van der Waals surface area contributed by atoms with Crippen LogP contribution < -0.4 is 5.32 Å². The van der Waals surface area contributed by atoms with Crippen molar-refractivity contribution in [2.75, 3.05) is 13.2 Å². The average molecular weight is 249 g/mol. The van der Waals surface area contributed by atoms with Crippen LogP contribution in [-0.2, 0) is 6.42 Å². The van der Waals surface area contributed by atoms with Crippen LogP contribution in [0.5, 0.6) is 0 Å². The standard InChI is InChI=1S/C16H27NO/c1-3-4-7-15-8-10-16(11-9-15)14(2)17-12-5-6-13-18/h8-11,14,17-18H,3-7,12-13H2,1-2H3. The van der Waals surface area contributed by atoms with Gasteiger partial charge in [0.1, 0.15) is 0 Å². The maximum atomic E-state index is 8.72. The molecule has 0 amide bonds. The number of aliphatic hydroxyl groups excluding tert-OH is 1. The molecule has 2 heteroatoms. The molecule has 2 nitrogen and oxygen atoms in total. The number of unbranched alkanes of at least 4 members (excludes halogenated alkanes) is 2. The highest BCUT2D eigenvalue weighted by Crippen LogP contribution is 2.14. The Morgan fingerprint density at radius 2 is 1.83 bits per heavy atom. The first kappa shape index (κ1) is 15.2. The Labute approximate surface area is 111 Å². The highest BCUT2D eigenvalue weighted by atomic mass is 16.2. The van der Waals surface area contributed by atoms with Crippen molar-refractivity contribution in [2.45, 2.75) is 52.0 Å². The summed E-state index contributed by atoms with van der Waals surface area (Å²) >= 11 is 0. The molecule has 1 aromatic carbocycles. The van der Waals surface area contributed by atoms with Crippen molar-refractivity contribution in [1.82, 2.24) is 5.32 Å². The van der Waals surface area contributed by atoms with Crippen LogP contribution in [0.25, 0.3) is 0 Å². The van der Waals surface area contributed by atoms with E-state index in [0.29, 0.717) is 12.6 Å². The van der Waals surface area contributed by atoms with E-state index in [4.69, 9.17) is 5.11 Å². The lowest BCUT2D eigenvalue weighted by molar-refractivity contribution is 0.283. The zero-order chi connectivity index (χ0) is 13.2. The van der Waals surface area contributed by atoms with Crippen molar-refractivity contribution >= 4 is 0 Å². The smallest absolute Gasteiger partial charge is 0.0431 e. The summed E-state index contributed by atoms with van der Waals surface area (Å²) in [4.78, 5) is 0. The van der Waals surface area contributed by atoms with Gasteiger partial charge < -0.3 is 10.4 Å². The minimum Gasteiger partial charge on any atom is -0.396 e. The minimum atomic E-state index is 0.294. The first-order valence-corrected chi connectivity index (χ1v) is 7.21. The topological polar surface area (TPSA) is 32.3 Å². The molecular formula is C16H27NO. The molecule has 18 heavy (non-hydrogen) atoms. The molecule has 0 spiro atoms. The van der Waals surface area contributed by atoms with Gasteiger partial charge in [0.2, 0.25) is 0 Å². The van der Waals surface area contributed by atoms with E-state index in [9.17, 15) is 0 Å². The lowest BCUT2D eigenvalue weighted by atomic mass is 10.0. The SMILES string of the molecule is CCCCc1ccc(C(C)NCCCCO)cc1. The van der Waals surface area contributed by atoms with E-state index in [1.807, 2.05) is 0 Å². The highest BCUT2D eigenvalue weighted by Gasteiger charge is 2.03. The van der Waals surface area contributed by atoms with Crippen molar-refractivity contribution in [1.29, 1.82) is 0 Å². The van der Waals surface area contributed by atoms with Gasteiger partial charge in [-0.2, -0.15) is 0 Å². The summed E-state index contributed by atoms with van der Waals surface area (Å²) in [6.45, 7) is 5.69. The van der Waals surface area contributed by atoms with Crippen LogP contribution in [0.3, 0.4) is 0 Å². The predicted octanol–water partition coefficient (Wildman–Crippen LogP) is 3.45. The lowest BCUT2D eigenvalue weighted by Gasteiger charge is -2.14. The third-order valence-electron chi connectivity index (χ3n) is 3.33. The summed E-state index contributed by atoms with van der Waals surface area (Å²) in [5.74, 6) is 0. The molecule has 1 aromatic rings. The molecule has 0 radical (unpaired) electrons. The molecule has 0 saturated carbocycles. The van der Waals surface area contributed by atoms with Crippen LogP contribution in [0, 0.1) is 0 Å². The fraction of sp³-hybridized carbons (Fsp3) is 0.625. The van der Waals surface area contributed by atoms with Gasteiger partial charge in [-0.25, -0.2) is 0 Å². The summed E-state index contributed by atoms with van der Waals surface area (Å²) in [5.41, 5.74) is 2.78. The summed E-state index contributed by atoms with van der Waals surface area (Å²) in [6, 6.07) is 9.35. The molecule has 2 N–H and O–H groups in total. The van der Waals surface area contributed by atoms with E-state index in [2.05, 4.69) is 43.4 Å². The normalized spacial score (nSPS) is 12.6. The highest BCUT2D eigenvalue weighted by molar-refractivity contribution is 5.24. The van der Waals surface area contributed by atoms with Crippen molar-refractivity contribution in [2.24, 2.45) is 0 Å². The second-order valence-electron chi connectivity index (χ2n) is 4.95. The molecule has 102 valence electrons. The molecule has 0 saturated heterocycles. The number of hydrogen-bond acceptors (Lipinski definition) is 2. The Kier molecular flexibility index (Phi) is 7.70. The molecule has 0 heterocycles. The van der Waals surface area contributed by atoms with E-state index < -0.39 is 0 Å².